The molecule has 154 valence electrons. The van der Waals surface area contributed by atoms with Crippen LogP contribution >= 0.6 is 19.2 Å². The van der Waals surface area contributed by atoms with Gasteiger partial charge in [0.15, 0.2) is 5.75 Å². The number of fused-ring (bicyclic) bond motifs is 1. The van der Waals surface area contributed by atoms with Crippen LogP contribution in [0.25, 0.3) is 10.8 Å². The van der Waals surface area contributed by atoms with Crippen molar-refractivity contribution in [2.24, 2.45) is 0 Å². The molecule has 0 spiro atoms. The van der Waals surface area contributed by atoms with Crippen molar-refractivity contribution in [2.45, 2.75) is 13.8 Å². The highest BCUT2D eigenvalue weighted by Crippen LogP contribution is 2.52. The molecule has 0 unspecified atom stereocenters. The van der Waals surface area contributed by atoms with Crippen molar-refractivity contribution >= 4 is 47.2 Å². The molecular formula is C20H20ClO7P. The summed E-state index contributed by atoms with van der Waals surface area (Å²) in [6.07, 6.45) is 1.94. The van der Waals surface area contributed by atoms with Gasteiger partial charge in [-0.2, -0.15) is 0 Å². The van der Waals surface area contributed by atoms with Crippen LogP contribution in [-0.2, 0) is 23.2 Å². The number of carbonyl (C=O) groups is 2. The number of hydrogen-bond acceptors (Lipinski definition) is 7. The topological polar surface area (TPSA) is 88.1 Å². The second-order valence-corrected chi connectivity index (χ2v) is 7.93. The minimum Gasteiger partial charge on any atom is -0.423 e. The van der Waals surface area contributed by atoms with Crippen molar-refractivity contribution in [2.75, 3.05) is 13.2 Å². The molecule has 0 amide bonds. The molecule has 0 saturated carbocycles. The van der Waals surface area contributed by atoms with Crippen molar-refractivity contribution < 1.29 is 32.7 Å². The third kappa shape index (κ3) is 5.14. The highest BCUT2D eigenvalue weighted by Gasteiger charge is 2.34. The van der Waals surface area contributed by atoms with Gasteiger partial charge < -0.3 is 18.5 Å². The fourth-order valence-electron chi connectivity index (χ4n) is 2.53. The fraction of sp³-hybridized carbons (Fsp3) is 0.200. The number of benzene rings is 2. The molecule has 0 fully saturated rings. The summed E-state index contributed by atoms with van der Waals surface area (Å²) in [6.45, 7) is 10.1. The monoisotopic (exact) mass is 438 g/mol. The molecule has 0 N–H and O–H groups in total. The minimum absolute atomic E-state index is 0.0282. The van der Waals surface area contributed by atoms with Gasteiger partial charge in [-0.1, -0.05) is 24.8 Å². The molecule has 2 rings (SSSR count). The van der Waals surface area contributed by atoms with Gasteiger partial charge in [0.25, 0.3) is 0 Å². The Morgan fingerprint density at radius 3 is 2.14 bits per heavy atom. The first kappa shape index (κ1) is 22.8. The van der Waals surface area contributed by atoms with E-state index in [2.05, 4.69) is 13.2 Å². The summed E-state index contributed by atoms with van der Waals surface area (Å²) in [5.74, 6) is -1.56. The normalized spacial score (nSPS) is 11.1. The predicted octanol–water partition coefficient (Wildman–Crippen LogP) is 4.57. The summed E-state index contributed by atoms with van der Waals surface area (Å²) in [7, 11) is -3.93. The summed E-state index contributed by atoms with van der Waals surface area (Å²) < 4.78 is 35.0. The molecular weight excluding hydrogens is 419 g/mol. The maximum Gasteiger partial charge on any atom is 0.365 e. The first-order valence-electron chi connectivity index (χ1n) is 8.64. The van der Waals surface area contributed by atoms with Crippen molar-refractivity contribution in [3.05, 3.63) is 54.6 Å². The summed E-state index contributed by atoms with van der Waals surface area (Å²) >= 11 is 6.09. The number of esters is 2. The van der Waals surface area contributed by atoms with Crippen LogP contribution < -0.4 is 14.8 Å². The molecule has 0 aliphatic rings. The van der Waals surface area contributed by atoms with E-state index in [1.165, 1.54) is 12.1 Å². The lowest BCUT2D eigenvalue weighted by molar-refractivity contribution is -0.129. The van der Waals surface area contributed by atoms with Crippen molar-refractivity contribution in [1.29, 1.82) is 0 Å². The highest BCUT2D eigenvalue weighted by molar-refractivity contribution is 7.62. The van der Waals surface area contributed by atoms with Crippen molar-refractivity contribution in [3.8, 4) is 11.5 Å². The number of hydrogen-bond donors (Lipinski definition) is 0. The Morgan fingerprint density at radius 1 is 1.00 bits per heavy atom. The van der Waals surface area contributed by atoms with Gasteiger partial charge in [-0.3, -0.25) is 4.57 Å². The Hall–Kier alpha value is -2.44. The van der Waals surface area contributed by atoms with Crippen LogP contribution in [0.2, 0.25) is 5.02 Å². The fourth-order valence-corrected chi connectivity index (χ4v) is 4.42. The van der Waals surface area contributed by atoms with Gasteiger partial charge in [0.2, 0.25) is 0 Å². The molecule has 0 radical (unpaired) electrons. The van der Waals surface area contributed by atoms with Gasteiger partial charge in [-0.25, -0.2) is 9.59 Å². The molecule has 0 heterocycles. The van der Waals surface area contributed by atoms with Crippen LogP contribution in [0.5, 0.6) is 11.5 Å². The Bertz CT molecular complexity index is 1010. The number of rotatable bonds is 9. The van der Waals surface area contributed by atoms with E-state index < -0.39 is 19.5 Å². The molecule has 9 heteroatoms. The Balaban J connectivity index is 2.92. The van der Waals surface area contributed by atoms with Gasteiger partial charge in [0, 0.05) is 34.0 Å². The summed E-state index contributed by atoms with van der Waals surface area (Å²) in [5.41, 5.74) is 0. The van der Waals surface area contributed by atoms with Crippen LogP contribution in [0.3, 0.4) is 0 Å². The average molecular weight is 439 g/mol. The molecule has 0 atom stereocenters. The smallest absolute Gasteiger partial charge is 0.365 e. The number of ether oxygens (including phenoxy) is 2. The summed E-state index contributed by atoms with van der Waals surface area (Å²) in [4.78, 5) is 23.8. The molecule has 0 aromatic heterocycles. The maximum absolute atomic E-state index is 13.5. The van der Waals surface area contributed by atoms with E-state index >= 15 is 0 Å². The Kier molecular flexibility index (Phi) is 7.76. The first-order valence-corrected chi connectivity index (χ1v) is 10.6. The second kappa shape index (κ2) is 9.85. The van der Waals surface area contributed by atoms with Gasteiger partial charge in [0.05, 0.1) is 13.2 Å². The van der Waals surface area contributed by atoms with E-state index in [1.54, 1.807) is 26.0 Å². The zero-order valence-corrected chi connectivity index (χ0v) is 17.6. The predicted molar refractivity (Wildman–Crippen MR) is 111 cm³/mol. The van der Waals surface area contributed by atoms with Crippen molar-refractivity contribution in [3.63, 3.8) is 0 Å². The van der Waals surface area contributed by atoms with Gasteiger partial charge in [-0.05, 0) is 32.0 Å². The summed E-state index contributed by atoms with van der Waals surface area (Å²) in [6, 6.07) is 5.88. The third-order valence-electron chi connectivity index (χ3n) is 3.63. The van der Waals surface area contributed by atoms with Crippen LogP contribution in [-0.4, -0.2) is 25.2 Å². The van der Waals surface area contributed by atoms with E-state index in [0.29, 0.717) is 15.8 Å². The lowest BCUT2D eigenvalue weighted by Crippen LogP contribution is -2.18. The molecule has 0 saturated heterocycles. The average Bonchev–Trinajstić information content (AvgIpc) is 2.69. The van der Waals surface area contributed by atoms with E-state index in [1.807, 2.05) is 0 Å². The lowest BCUT2D eigenvalue weighted by Gasteiger charge is -2.22. The van der Waals surface area contributed by atoms with Crippen LogP contribution in [0.15, 0.2) is 49.6 Å². The van der Waals surface area contributed by atoms with Gasteiger partial charge >= 0.3 is 19.5 Å². The largest absolute Gasteiger partial charge is 0.423 e. The molecule has 0 bridgehead atoms. The second-order valence-electron chi connectivity index (χ2n) is 5.50. The maximum atomic E-state index is 13.5. The van der Waals surface area contributed by atoms with Crippen LogP contribution in [0.4, 0.5) is 0 Å². The van der Waals surface area contributed by atoms with Crippen LogP contribution in [0.1, 0.15) is 13.8 Å². The third-order valence-corrected chi connectivity index (χ3v) is 5.99. The van der Waals surface area contributed by atoms with Gasteiger partial charge in [0.1, 0.15) is 11.1 Å². The minimum atomic E-state index is -3.93. The molecule has 29 heavy (non-hydrogen) atoms. The zero-order chi connectivity index (χ0) is 21.6. The SMILES string of the molecule is C=CC(=O)Oc1cc(P(=O)(OCC)OCC)c(OC(=O)C=C)c2ccc(Cl)cc12. The van der Waals surface area contributed by atoms with E-state index in [-0.39, 0.29) is 30.0 Å². The van der Waals surface area contributed by atoms with Crippen molar-refractivity contribution in [1.82, 2.24) is 0 Å². The summed E-state index contributed by atoms with van der Waals surface area (Å²) in [5, 5.41) is 0.939. The zero-order valence-electron chi connectivity index (χ0n) is 16.0. The van der Waals surface area contributed by atoms with Gasteiger partial charge in [-0.15, -0.1) is 0 Å². The highest BCUT2D eigenvalue weighted by atomic mass is 35.5. The number of halogens is 1. The standard InChI is InChI=1S/C20H20ClO7P/c1-5-18(22)27-16-12-17(29(24,25-7-3)26-8-4)20(28-19(23)6-2)14-10-9-13(21)11-15(14)16/h5-6,9-12H,1-2,7-8H2,3-4H3. The Morgan fingerprint density at radius 2 is 1.59 bits per heavy atom. The molecule has 2 aromatic carbocycles. The molecule has 0 aliphatic carbocycles. The number of carbonyl (C=O) groups excluding carboxylic acids is 2. The van der Waals surface area contributed by atoms with E-state index in [9.17, 15) is 14.2 Å². The lowest BCUT2D eigenvalue weighted by atomic mass is 10.1. The quantitative estimate of drug-likeness (QED) is 0.245. The van der Waals surface area contributed by atoms with E-state index in [4.69, 9.17) is 30.1 Å². The molecule has 2 aromatic rings. The molecule has 7 nitrogen and oxygen atoms in total. The molecule has 0 aliphatic heterocycles. The van der Waals surface area contributed by atoms with Crippen LogP contribution in [0, 0.1) is 0 Å². The Labute approximate surface area is 173 Å². The first-order chi connectivity index (χ1) is 13.8. The van der Waals surface area contributed by atoms with E-state index in [0.717, 1.165) is 12.2 Å².